The third kappa shape index (κ3) is 3.13. The fourth-order valence-corrected chi connectivity index (χ4v) is 3.45. The molecular formula is C20H18FN5O2. The Morgan fingerprint density at radius 2 is 1.93 bits per heavy atom. The summed E-state index contributed by atoms with van der Waals surface area (Å²) in [6, 6.07) is 8.41. The minimum atomic E-state index is -0.596. The predicted octanol–water partition coefficient (Wildman–Crippen LogP) is 2.48. The van der Waals surface area contributed by atoms with Crippen LogP contribution in [0.1, 0.15) is 33.6 Å². The monoisotopic (exact) mass is 379 g/mol. The first-order valence-corrected chi connectivity index (χ1v) is 8.91. The summed E-state index contributed by atoms with van der Waals surface area (Å²) < 4.78 is 14.5. The second-order valence-electron chi connectivity index (χ2n) is 6.59. The third-order valence-electron chi connectivity index (χ3n) is 4.87. The molecule has 7 nitrogen and oxygen atoms in total. The summed E-state index contributed by atoms with van der Waals surface area (Å²) in [6.45, 7) is 0.496. The SMILES string of the molecule is Nc1c(C(=O)C2CCCN2C(=O)c2cccnc2)cnn1-c1ccc(F)cc1. The number of benzene rings is 1. The van der Waals surface area contributed by atoms with Crippen LogP contribution >= 0.6 is 0 Å². The molecule has 0 radical (unpaired) electrons. The maximum atomic E-state index is 13.1. The van der Waals surface area contributed by atoms with E-state index in [1.807, 2.05) is 0 Å². The van der Waals surface area contributed by atoms with Crippen molar-refractivity contribution < 1.29 is 14.0 Å². The molecule has 0 spiro atoms. The average Bonchev–Trinajstić information content (AvgIpc) is 3.35. The highest BCUT2D eigenvalue weighted by Gasteiger charge is 2.36. The Balaban J connectivity index is 1.60. The normalized spacial score (nSPS) is 16.3. The van der Waals surface area contributed by atoms with Gasteiger partial charge in [-0.2, -0.15) is 5.10 Å². The number of nitrogens with two attached hydrogens (primary N) is 1. The van der Waals surface area contributed by atoms with Crippen molar-refractivity contribution in [2.75, 3.05) is 12.3 Å². The minimum Gasteiger partial charge on any atom is -0.383 e. The predicted molar refractivity (Wildman–Crippen MR) is 101 cm³/mol. The van der Waals surface area contributed by atoms with Gasteiger partial charge in [-0.15, -0.1) is 0 Å². The molecule has 0 bridgehead atoms. The smallest absolute Gasteiger partial charge is 0.256 e. The number of anilines is 1. The highest BCUT2D eigenvalue weighted by Crippen LogP contribution is 2.26. The van der Waals surface area contributed by atoms with Crippen LogP contribution in [0.3, 0.4) is 0 Å². The van der Waals surface area contributed by atoms with Crippen LogP contribution in [0, 0.1) is 5.82 Å². The van der Waals surface area contributed by atoms with E-state index in [9.17, 15) is 14.0 Å². The van der Waals surface area contributed by atoms with Crippen LogP contribution in [0.5, 0.6) is 0 Å². The van der Waals surface area contributed by atoms with Gasteiger partial charge in [-0.25, -0.2) is 9.07 Å². The van der Waals surface area contributed by atoms with Gasteiger partial charge in [-0.05, 0) is 49.2 Å². The van der Waals surface area contributed by atoms with Crippen molar-refractivity contribution in [1.82, 2.24) is 19.7 Å². The van der Waals surface area contributed by atoms with Gasteiger partial charge in [0.25, 0.3) is 5.91 Å². The highest BCUT2D eigenvalue weighted by molar-refractivity contribution is 6.07. The third-order valence-corrected chi connectivity index (χ3v) is 4.87. The fourth-order valence-electron chi connectivity index (χ4n) is 3.45. The number of Topliss-reactive ketones (excluding diaryl/α,β-unsaturated/α-hetero) is 1. The van der Waals surface area contributed by atoms with E-state index in [0.29, 0.717) is 24.2 Å². The first-order valence-electron chi connectivity index (χ1n) is 8.91. The zero-order valence-electron chi connectivity index (χ0n) is 15.0. The number of likely N-dealkylation sites (tertiary alicyclic amines) is 1. The van der Waals surface area contributed by atoms with Crippen LogP contribution in [-0.4, -0.2) is 43.9 Å². The number of ketones is 1. The van der Waals surface area contributed by atoms with Gasteiger partial charge >= 0.3 is 0 Å². The van der Waals surface area contributed by atoms with Crippen LogP contribution in [0.25, 0.3) is 5.69 Å². The molecule has 1 aromatic carbocycles. The molecule has 1 unspecified atom stereocenters. The first-order chi connectivity index (χ1) is 13.6. The van der Waals surface area contributed by atoms with Crippen molar-refractivity contribution in [2.45, 2.75) is 18.9 Å². The highest BCUT2D eigenvalue weighted by atomic mass is 19.1. The Morgan fingerprint density at radius 1 is 1.14 bits per heavy atom. The molecule has 28 heavy (non-hydrogen) atoms. The van der Waals surface area contributed by atoms with Gasteiger partial charge < -0.3 is 10.6 Å². The number of rotatable bonds is 4. The summed E-state index contributed by atoms with van der Waals surface area (Å²) in [4.78, 5) is 31.4. The van der Waals surface area contributed by atoms with Crippen molar-refractivity contribution in [3.63, 3.8) is 0 Å². The maximum absolute atomic E-state index is 13.1. The number of aromatic nitrogens is 3. The lowest BCUT2D eigenvalue weighted by Crippen LogP contribution is -2.40. The molecule has 8 heteroatoms. The molecule has 1 atom stereocenters. The summed E-state index contributed by atoms with van der Waals surface area (Å²) in [7, 11) is 0. The average molecular weight is 379 g/mol. The summed E-state index contributed by atoms with van der Waals surface area (Å²) in [6.07, 6.45) is 5.77. The Morgan fingerprint density at radius 3 is 2.64 bits per heavy atom. The number of halogens is 1. The van der Waals surface area contributed by atoms with Gasteiger partial charge in [0.1, 0.15) is 11.6 Å². The molecule has 2 N–H and O–H groups in total. The van der Waals surface area contributed by atoms with E-state index < -0.39 is 6.04 Å². The molecule has 4 rings (SSSR count). The van der Waals surface area contributed by atoms with E-state index in [2.05, 4.69) is 10.1 Å². The van der Waals surface area contributed by atoms with Gasteiger partial charge in [0.05, 0.1) is 29.1 Å². The summed E-state index contributed by atoms with van der Waals surface area (Å²) >= 11 is 0. The molecule has 1 aliphatic rings. The topological polar surface area (TPSA) is 94.1 Å². The molecule has 1 aliphatic heterocycles. The molecule has 0 aliphatic carbocycles. The lowest BCUT2D eigenvalue weighted by Gasteiger charge is -2.23. The second kappa shape index (κ2) is 7.22. The van der Waals surface area contributed by atoms with Gasteiger partial charge in [-0.3, -0.25) is 14.6 Å². The van der Waals surface area contributed by atoms with Crippen LogP contribution in [0.15, 0.2) is 55.0 Å². The minimum absolute atomic E-state index is 0.164. The number of nitrogen functional groups attached to an aromatic ring is 1. The number of carbonyl (C=O) groups is 2. The van der Waals surface area contributed by atoms with E-state index in [4.69, 9.17) is 5.73 Å². The Bertz CT molecular complexity index is 1020. The number of amides is 1. The van der Waals surface area contributed by atoms with Gasteiger partial charge in [-0.1, -0.05) is 0 Å². The number of hydrogen-bond donors (Lipinski definition) is 1. The van der Waals surface area contributed by atoms with Crippen LogP contribution in [0.2, 0.25) is 0 Å². The van der Waals surface area contributed by atoms with Crippen molar-refractivity contribution >= 4 is 17.5 Å². The fraction of sp³-hybridized carbons (Fsp3) is 0.200. The zero-order valence-corrected chi connectivity index (χ0v) is 15.0. The number of pyridine rings is 1. The molecule has 3 heterocycles. The zero-order chi connectivity index (χ0) is 19.7. The van der Waals surface area contributed by atoms with Crippen molar-refractivity contribution in [3.05, 3.63) is 71.9 Å². The van der Waals surface area contributed by atoms with Gasteiger partial charge in [0.2, 0.25) is 0 Å². The Hall–Kier alpha value is -3.55. The van der Waals surface area contributed by atoms with Gasteiger partial charge in [0.15, 0.2) is 5.78 Å². The summed E-state index contributed by atoms with van der Waals surface area (Å²) in [5.74, 6) is -0.687. The van der Waals surface area contributed by atoms with E-state index >= 15 is 0 Å². The first kappa shape index (κ1) is 17.8. The van der Waals surface area contributed by atoms with Crippen LogP contribution < -0.4 is 5.73 Å². The number of carbonyl (C=O) groups excluding carboxylic acids is 2. The molecular weight excluding hydrogens is 361 g/mol. The molecule has 1 saturated heterocycles. The van der Waals surface area contributed by atoms with Crippen LogP contribution in [-0.2, 0) is 0 Å². The molecule has 1 fully saturated rings. The lowest BCUT2D eigenvalue weighted by molar-refractivity contribution is 0.0671. The van der Waals surface area contributed by atoms with Crippen molar-refractivity contribution in [3.8, 4) is 5.69 Å². The Kier molecular flexibility index (Phi) is 4.60. The van der Waals surface area contributed by atoms with E-state index in [1.54, 1.807) is 23.2 Å². The van der Waals surface area contributed by atoms with E-state index in [-0.39, 0.29) is 28.9 Å². The second-order valence-corrected chi connectivity index (χ2v) is 6.59. The van der Waals surface area contributed by atoms with Gasteiger partial charge in [0, 0.05) is 18.9 Å². The quantitative estimate of drug-likeness (QED) is 0.703. The molecule has 2 aromatic heterocycles. The van der Waals surface area contributed by atoms with Crippen molar-refractivity contribution in [2.24, 2.45) is 0 Å². The largest absolute Gasteiger partial charge is 0.383 e. The number of nitrogens with zero attached hydrogens (tertiary/aromatic N) is 4. The standard InChI is InChI=1S/C20H18FN5O2/c21-14-5-7-15(8-6-14)26-19(22)16(12-24-26)18(27)17-4-2-10-25(17)20(28)13-3-1-9-23-11-13/h1,3,5-9,11-12,17H,2,4,10,22H2. The van der Waals surface area contributed by atoms with E-state index in [0.717, 1.165) is 6.42 Å². The number of hydrogen-bond acceptors (Lipinski definition) is 5. The Labute approximate surface area is 160 Å². The molecule has 3 aromatic rings. The lowest BCUT2D eigenvalue weighted by atomic mass is 10.0. The van der Waals surface area contributed by atoms with Crippen LogP contribution in [0.4, 0.5) is 10.2 Å². The maximum Gasteiger partial charge on any atom is 0.256 e. The van der Waals surface area contributed by atoms with E-state index in [1.165, 1.54) is 41.3 Å². The summed E-state index contributed by atoms with van der Waals surface area (Å²) in [5.41, 5.74) is 7.39. The molecule has 1 amide bonds. The summed E-state index contributed by atoms with van der Waals surface area (Å²) in [5, 5.41) is 4.17. The van der Waals surface area contributed by atoms with Crippen molar-refractivity contribution in [1.29, 1.82) is 0 Å². The molecule has 142 valence electrons. The molecule has 0 saturated carbocycles.